The van der Waals surface area contributed by atoms with Gasteiger partial charge in [-0.1, -0.05) is 6.07 Å². The van der Waals surface area contributed by atoms with Gasteiger partial charge in [0.2, 0.25) is 5.36 Å². The Bertz CT molecular complexity index is 1380. The topological polar surface area (TPSA) is 56.7 Å². The van der Waals surface area contributed by atoms with Crippen LogP contribution in [0.2, 0.25) is 0 Å². The Labute approximate surface area is 181 Å². The van der Waals surface area contributed by atoms with Crippen molar-refractivity contribution in [3.05, 3.63) is 70.6 Å². The fourth-order valence-electron chi connectivity index (χ4n) is 3.91. The molecule has 0 bridgehead atoms. The minimum atomic E-state index is -0.935. The first-order valence-electron chi connectivity index (χ1n) is 10.2. The number of carbonyl (C=O) groups is 1. The first kappa shape index (κ1) is 20.7. The smallest absolute Gasteiger partial charge is 0.336 e. The van der Waals surface area contributed by atoms with Crippen molar-refractivity contribution in [3.8, 4) is 22.5 Å². The summed E-state index contributed by atoms with van der Waals surface area (Å²) in [6, 6.07) is 15.8. The van der Waals surface area contributed by atoms with Gasteiger partial charge in [-0.25, -0.2) is 9.37 Å². The van der Waals surface area contributed by atoms with E-state index in [-0.39, 0.29) is 0 Å². The van der Waals surface area contributed by atoms with E-state index in [0.717, 1.165) is 50.0 Å². The number of fused-ring (bicyclic) bond motifs is 2. The van der Waals surface area contributed by atoms with Crippen LogP contribution in [0, 0.1) is 13.8 Å². The highest BCUT2D eigenvalue weighted by atomic mass is 16.4. The third-order valence-electron chi connectivity index (χ3n) is 5.86. The summed E-state index contributed by atoms with van der Waals surface area (Å²) in [5.41, 5.74) is 6.52. The van der Waals surface area contributed by atoms with Crippen molar-refractivity contribution in [1.82, 2.24) is 4.58 Å². The molecule has 5 nitrogen and oxygen atoms in total. The molecule has 1 aliphatic carbocycles. The number of carboxylic acid groups (broad SMARTS) is 1. The Morgan fingerprint density at radius 2 is 1.65 bits per heavy atom. The second kappa shape index (κ2) is 7.58. The van der Waals surface area contributed by atoms with Gasteiger partial charge in [-0.2, -0.15) is 0 Å². The van der Waals surface area contributed by atoms with Gasteiger partial charge in [0.15, 0.2) is 0 Å². The van der Waals surface area contributed by atoms with Crippen LogP contribution in [0.5, 0.6) is 0 Å². The van der Waals surface area contributed by atoms with Crippen LogP contribution >= 0.6 is 0 Å². The molecule has 4 rings (SSSR count). The van der Waals surface area contributed by atoms with Crippen molar-refractivity contribution in [2.45, 2.75) is 13.8 Å². The van der Waals surface area contributed by atoms with Crippen LogP contribution in [0.4, 0.5) is 5.69 Å². The number of nitrogens with zero attached hydrogens (tertiary/aromatic N) is 2. The van der Waals surface area contributed by atoms with Gasteiger partial charge in [0, 0.05) is 48.4 Å². The summed E-state index contributed by atoms with van der Waals surface area (Å²) in [5, 5.41) is 11.9. The van der Waals surface area contributed by atoms with E-state index in [2.05, 4.69) is 0 Å². The summed E-state index contributed by atoms with van der Waals surface area (Å²) in [6.07, 6.45) is 0. The first-order valence-corrected chi connectivity index (χ1v) is 10.2. The zero-order valence-electron chi connectivity index (χ0n) is 18.8. The molecule has 0 aromatic heterocycles. The molecule has 0 saturated carbocycles. The first-order chi connectivity index (χ1) is 14.7. The fraction of sp³-hybridized carbons (Fsp3) is 0.231. The van der Waals surface area contributed by atoms with Crippen molar-refractivity contribution in [2.75, 3.05) is 33.1 Å². The molecule has 0 unspecified atom stereocenters. The number of benzene rings is 3. The highest BCUT2D eigenvalue weighted by Crippen LogP contribution is 2.42. The van der Waals surface area contributed by atoms with Gasteiger partial charge < -0.3 is 14.4 Å². The third-order valence-corrected chi connectivity index (χ3v) is 5.86. The van der Waals surface area contributed by atoms with Crippen molar-refractivity contribution in [2.24, 2.45) is 0 Å². The predicted molar refractivity (Wildman–Crippen MR) is 126 cm³/mol. The molecule has 1 aliphatic heterocycles. The second-order valence-corrected chi connectivity index (χ2v) is 8.41. The van der Waals surface area contributed by atoms with E-state index >= 15 is 0 Å². The predicted octanol–water partition coefficient (Wildman–Crippen LogP) is 4.62. The Kier molecular flexibility index (Phi) is 5.05. The standard InChI is InChI=1S/C26H26N2O3/c1-15-11-21(22(26(29)30)12-16(15)2)25-19-9-7-17(27(3)4)13-23(19)31-24-14-18(28(5)6)8-10-20(24)25/h7-14H,1-6H3/p+1. The molecule has 0 saturated heterocycles. The van der Waals surface area contributed by atoms with Crippen molar-refractivity contribution in [3.63, 3.8) is 0 Å². The number of carboxylic acids is 1. The summed E-state index contributed by atoms with van der Waals surface area (Å²) in [5.74, 6) is -0.214. The fourth-order valence-corrected chi connectivity index (χ4v) is 3.91. The highest BCUT2D eigenvalue weighted by Gasteiger charge is 2.23. The molecule has 158 valence electrons. The Morgan fingerprint density at radius 3 is 2.29 bits per heavy atom. The maximum atomic E-state index is 12.2. The van der Waals surface area contributed by atoms with E-state index in [1.54, 1.807) is 6.07 Å². The number of rotatable bonds is 3. The van der Waals surface area contributed by atoms with Gasteiger partial charge in [-0.3, -0.25) is 0 Å². The lowest BCUT2D eigenvalue weighted by molar-refractivity contribution is 0.0697. The van der Waals surface area contributed by atoms with Gasteiger partial charge in [-0.15, -0.1) is 0 Å². The Balaban J connectivity index is 2.21. The second-order valence-electron chi connectivity index (χ2n) is 8.41. The van der Waals surface area contributed by atoms with Crippen LogP contribution in [-0.4, -0.2) is 39.3 Å². The maximum Gasteiger partial charge on any atom is 0.336 e. The van der Waals surface area contributed by atoms with E-state index in [1.807, 2.05) is 94.0 Å². The SMILES string of the molecule is Cc1cc(C(=O)O)c(-c2c3ccc(=[N+](C)C)cc-3oc3cc(N(C)C)ccc23)cc1C. The average Bonchev–Trinajstić information content (AvgIpc) is 2.72. The van der Waals surface area contributed by atoms with E-state index in [9.17, 15) is 9.90 Å². The van der Waals surface area contributed by atoms with Gasteiger partial charge >= 0.3 is 5.97 Å². The molecule has 1 N–H and O–H groups in total. The minimum absolute atomic E-state index is 0.297. The normalized spacial score (nSPS) is 11.2. The Hall–Kier alpha value is -3.60. The molecule has 2 aromatic carbocycles. The molecular weight excluding hydrogens is 388 g/mol. The molecular formula is C26H27N2O3+. The minimum Gasteiger partial charge on any atom is -0.478 e. The number of anilines is 1. The van der Waals surface area contributed by atoms with Crippen LogP contribution < -0.4 is 14.8 Å². The van der Waals surface area contributed by atoms with E-state index in [4.69, 9.17) is 4.42 Å². The van der Waals surface area contributed by atoms with Crippen LogP contribution in [-0.2, 0) is 0 Å². The van der Waals surface area contributed by atoms with E-state index in [1.165, 1.54) is 0 Å². The number of hydrogen-bond donors (Lipinski definition) is 1. The molecule has 0 fully saturated rings. The molecule has 0 amide bonds. The van der Waals surface area contributed by atoms with Crippen LogP contribution in [0.15, 0.2) is 52.9 Å². The van der Waals surface area contributed by atoms with E-state index in [0.29, 0.717) is 11.1 Å². The number of hydrogen-bond acceptors (Lipinski definition) is 3. The summed E-state index contributed by atoms with van der Waals surface area (Å²) < 4.78 is 8.37. The van der Waals surface area contributed by atoms with E-state index < -0.39 is 5.97 Å². The molecule has 0 atom stereocenters. The monoisotopic (exact) mass is 415 g/mol. The summed E-state index contributed by atoms with van der Waals surface area (Å²) in [4.78, 5) is 14.2. The largest absolute Gasteiger partial charge is 0.478 e. The summed E-state index contributed by atoms with van der Waals surface area (Å²) >= 11 is 0. The summed E-state index contributed by atoms with van der Waals surface area (Å²) in [6.45, 7) is 3.95. The Morgan fingerprint density at radius 1 is 0.935 bits per heavy atom. The lowest BCUT2D eigenvalue weighted by atomic mass is 9.88. The van der Waals surface area contributed by atoms with Crippen LogP contribution in [0.3, 0.4) is 0 Å². The van der Waals surface area contributed by atoms with Gasteiger partial charge in [0.1, 0.15) is 25.4 Å². The van der Waals surface area contributed by atoms with Gasteiger partial charge in [0.25, 0.3) is 0 Å². The molecule has 1 heterocycles. The summed E-state index contributed by atoms with van der Waals surface area (Å²) in [7, 11) is 7.94. The van der Waals surface area contributed by atoms with Crippen LogP contribution in [0.1, 0.15) is 21.5 Å². The zero-order valence-corrected chi connectivity index (χ0v) is 18.8. The quantitative estimate of drug-likeness (QED) is 0.392. The van der Waals surface area contributed by atoms with Crippen molar-refractivity contribution >= 4 is 22.6 Å². The lowest BCUT2D eigenvalue weighted by Gasteiger charge is -2.19. The van der Waals surface area contributed by atoms with Gasteiger partial charge in [-0.05, 0) is 54.8 Å². The molecule has 5 heteroatoms. The highest BCUT2D eigenvalue weighted by molar-refractivity contribution is 6.08. The van der Waals surface area contributed by atoms with Crippen molar-refractivity contribution < 1.29 is 14.3 Å². The molecule has 2 aliphatic rings. The average molecular weight is 416 g/mol. The molecule has 31 heavy (non-hydrogen) atoms. The maximum absolute atomic E-state index is 12.2. The number of aryl methyl sites for hydroxylation is 2. The molecule has 2 aromatic rings. The van der Waals surface area contributed by atoms with Crippen molar-refractivity contribution in [1.29, 1.82) is 0 Å². The molecule has 0 spiro atoms. The third kappa shape index (κ3) is 3.56. The number of aromatic carboxylic acids is 1. The lowest BCUT2D eigenvalue weighted by Crippen LogP contribution is -2.21. The van der Waals surface area contributed by atoms with Crippen LogP contribution in [0.25, 0.3) is 33.4 Å². The molecule has 0 radical (unpaired) electrons. The van der Waals surface area contributed by atoms with Gasteiger partial charge in [0.05, 0.1) is 11.6 Å². The zero-order chi connectivity index (χ0) is 22.4.